The van der Waals surface area contributed by atoms with E-state index in [1.807, 2.05) is 6.07 Å². The van der Waals surface area contributed by atoms with Crippen molar-refractivity contribution in [1.82, 2.24) is 5.32 Å². The maximum absolute atomic E-state index is 12.6. The summed E-state index contributed by atoms with van der Waals surface area (Å²) in [5.41, 5.74) is 6.27. The largest absolute Gasteiger partial charge is 0.456 e. The van der Waals surface area contributed by atoms with Crippen molar-refractivity contribution in [3.05, 3.63) is 88.4 Å². The fourth-order valence-corrected chi connectivity index (χ4v) is 3.80. The van der Waals surface area contributed by atoms with Crippen LogP contribution in [0.5, 0.6) is 0 Å². The van der Waals surface area contributed by atoms with Crippen LogP contribution in [0, 0.1) is 13.8 Å². The predicted molar refractivity (Wildman–Crippen MR) is 133 cm³/mol. The Morgan fingerprint density at radius 1 is 1.03 bits per heavy atom. The van der Waals surface area contributed by atoms with Crippen molar-refractivity contribution in [3.8, 4) is 0 Å². The number of hydrogen-bond acceptors (Lipinski definition) is 3. The van der Waals surface area contributed by atoms with Crippen molar-refractivity contribution < 1.29 is 9.21 Å². The minimum absolute atomic E-state index is 0.0987. The molecule has 170 valence electrons. The maximum atomic E-state index is 12.6. The molecule has 0 radical (unpaired) electrons. The molecular formula is C28H36N2O2. The first-order chi connectivity index (χ1) is 15.2. The molecule has 1 aromatic heterocycles. The number of anilines is 1. The third-order valence-corrected chi connectivity index (χ3v) is 5.88. The minimum Gasteiger partial charge on any atom is -0.456 e. The van der Waals surface area contributed by atoms with Gasteiger partial charge in [-0.15, -0.1) is 0 Å². The van der Waals surface area contributed by atoms with Gasteiger partial charge < -0.3 is 14.6 Å². The van der Waals surface area contributed by atoms with E-state index in [0.717, 1.165) is 18.8 Å². The Hall–Kier alpha value is -3.01. The first kappa shape index (κ1) is 23.6. The zero-order valence-electron chi connectivity index (χ0n) is 20.3. The van der Waals surface area contributed by atoms with Gasteiger partial charge in [-0.05, 0) is 72.7 Å². The van der Waals surface area contributed by atoms with E-state index < -0.39 is 0 Å². The fourth-order valence-electron chi connectivity index (χ4n) is 3.80. The SMILES string of the molecule is CCN(CCNC(=O)c1ccc(Cc2cc(C(C)(C)C)ccc2C)o1)c1cccc(C)c1. The molecule has 0 atom stereocenters. The molecular weight excluding hydrogens is 396 g/mol. The standard InChI is InChI=1S/C28H36N2O2/c1-7-30(24-10-8-9-20(2)17-24)16-15-29-27(31)26-14-13-25(32-26)19-22-18-23(28(4,5)6)12-11-21(22)3/h8-14,17-18H,7,15-16,19H2,1-6H3,(H,29,31). The van der Waals surface area contributed by atoms with Crippen LogP contribution in [0.4, 0.5) is 5.69 Å². The summed E-state index contributed by atoms with van der Waals surface area (Å²) in [6.07, 6.45) is 0.681. The van der Waals surface area contributed by atoms with Gasteiger partial charge in [-0.3, -0.25) is 4.79 Å². The van der Waals surface area contributed by atoms with Crippen molar-refractivity contribution >= 4 is 11.6 Å². The highest BCUT2D eigenvalue weighted by atomic mass is 16.3. The van der Waals surface area contributed by atoms with Gasteiger partial charge in [-0.1, -0.05) is 51.1 Å². The molecule has 0 fully saturated rings. The Labute approximate surface area is 192 Å². The van der Waals surface area contributed by atoms with Crippen molar-refractivity contribution in [3.63, 3.8) is 0 Å². The van der Waals surface area contributed by atoms with E-state index in [4.69, 9.17) is 4.42 Å². The molecule has 1 heterocycles. The molecule has 0 aliphatic heterocycles. The summed E-state index contributed by atoms with van der Waals surface area (Å²) in [4.78, 5) is 14.9. The van der Waals surface area contributed by atoms with E-state index in [9.17, 15) is 4.79 Å². The van der Waals surface area contributed by atoms with Crippen LogP contribution in [0.15, 0.2) is 59.0 Å². The lowest BCUT2D eigenvalue weighted by molar-refractivity contribution is 0.0925. The molecule has 0 unspecified atom stereocenters. The molecule has 4 nitrogen and oxygen atoms in total. The van der Waals surface area contributed by atoms with Gasteiger partial charge >= 0.3 is 0 Å². The quantitative estimate of drug-likeness (QED) is 0.472. The number of nitrogens with one attached hydrogen (secondary N) is 1. The minimum atomic E-state index is -0.170. The summed E-state index contributed by atoms with van der Waals surface area (Å²) in [5.74, 6) is 0.999. The molecule has 1 amide bonds. The third kappa shape index (κ3) is 6.03. The van der Waals surface area contributed by atoms with E-state index in [0.29, 0.717) is 18.7 Å². The van der Waals surface area contributed by atoms with Crippen LogP contribution in [-0.2, 0) is 11.8 Å². The number of carbonyl (C=O) groups excluding carboxylic acids is 1. The molecule has 2 aromatic carbocycles. The summed E-state index contributed by atoms with van der Waals surface area (Å²) in [5, 5.41) is 2.99. The van der Waals surface area contributed by atoms with Gasteiger partial charge in [0.25, 0.3) is 5.91 Å². The van der Waals surface area contributed by atoms with Gasteiger partial charge in [0, 0.05) is 31.7 Å². The monoisotopic (exact) mass is 432 g/mol. The number of rotatable bonds is 8. The third-order valence-electron chi connectivity index (χ3n) is 5.88. The van der Waals surface area contributed by atoms with E-state index in [-0.39, 0.29) is 11.3 Å². The van der Waals surface area contributed by atoms with Gasteiger partial charge in [0.1, 0.15) is 5.76 Å². The number of carbonyl (C=O) groups is 1. The molecule has 0 aliphatic carbocycles. The normalized spacial score (nSPS) is 11.4. The molecule has 4 heteroatoms. The van der Waals surface area contributed by atoms with Crippen LogP contribution in [0.3, 0.4) is 0 Å². The second-order valence-corrected chi connectivity index (χ2v) is 9.51. The van der Waals surface area contributed by atoms with Gasteiger partial charge in [0.15, 0.2) is 5.76 Å². The molecule has 32 heavy (non-hydrogen) atoms. The average molecular weight is 433 g/mol. The molecule has 3 aromatic rings. The van der Waals surface area contributed by atoms with E-state index in [2.05, 4.69) is 94.2 Å². The first-order valence-corrected chi connectivity index (χ1v) is 11.5. The number of nitrogens with zero attached hydrogens (tertiary/aromatic N) is 1. The van der Waals surface area contributed by atoms with Crippen LogP contribution < -0.4 is 10.2 Å². The first-order valence-electron chi connectivity index (χ1n) is 11.5. The van der Waals surface area contributed by atoms with Crippen molar-refractivity contribution in [2.24, 2.45) is 0 Å². The summed E-state index contributed by atoms with van der Waals surface area (Å²) in [7, 11) is 0. The Kier molecular flexibility index (Phi) is 7.44. The van der Waals surface area contributed by atoms with Crippen LogP contribution in [-0.4, -0.2) is 25.5 Å². The fraction of sp³-hybridized carbons (Fsp3) is 0.393. The number of benzene rings is 2. The highest BCUT2D eigenvalue weighted by Gasteiger charge is 2.16. The predicted octanol–water partition coefficient (Wildman–Crippen LogP) is 6.04. The van der Waals surface area contributed by atoms with Crippen molar-refractivity contribution in [2.75, 3.05) is 24.5 Å². The lowest BCUT2D eigenvalue weighted by Crippen LogP contribution is -2.34. The van der Waals surface area contributed by atoms with Gasteiger partial charge in [0.05, 0.1) is 0 Å². The number of amides is 1. The van der Waals surface area contributed by atoms with Gasteiger partial charge in [-0.25, -0.2) is 0 Å². The van der Waals surface area contributed by atoms with Crippen molar-refractivity contribution in [1.29, 1.82) is 0 Å². The number of aryl methyl sites for hydroxylation is 2. The number of likely N-dealkylation sites (N-methyl/N-ethyl adjacent to an activating group) is 1. The Bertz CT molecular complexity index is 1060. The van der Waals surface area contributed by atoms with Crippen LogP contribution in [0.25, 0.3) is 0 Å². The number of furan rings is 1. The molecule has 0 aliphatic rings. The Morgan fingerprint density at radius 3 is 2.50 bits per heavy atom. The lowest BCUT2D eigenvalue weighted by Gasteiger charge is -2.23. The molecule has 0 saturated heterocycles. The highest BCUT2D eigenvalue weighted by Crippen LogP contribution is 2.26. The lowest BCUT2D eigenvalue weighted by atomic mass is 9.85. The van der Waals surface area contributed by atoms with Crippen LogP contribution in [0.2, 0.25) is 0 Å². The summed E-state index contributed by atoms with van der Waals surface area (Å²) >= 11 is 0. The summed E-state index contributed by atoms with van der Waals surface area (Å²) < 4.78 is 5.89. The molecule has 0 saturated carbocycles. The topological polar surface area (TPSA) is 45.5 Å². The molecule has 0 spiro atoms. The van der Waals surface area contributed by atoms with Gasteiger partial charge in [-0.2, -0.15) is 0 Å². The average Bonchev–Trinajstić information content (AvgIpc) is 3.20. The van der Waals surface area contributed by atoms with E-state index in [1.54, 1.807) is 6.07 Å². The van der Waals surface area contributed by atoms with E-state index in [1.165, 1.54) is 27.9 Å². The highest BCUT2D eigenvalue weighted by molar-refractivity contribution is 5.91. The summed E-state index contributed by atoms with van der Waals surface area (Å²) in [6, 6.07) is 18.7. The second-order valence-electron chi connectivity index (χ2n) is 9.51. The summed E-state index contributed by atoms with van der Waals surface area (Å²) in [6.45, 7) is 15.2. The zero-order valence-corrected chi connectivity index (χ0v) is 20.3. The van der Waals surface area contributed by atoms with Crippen LogP contribution >= 0.6 is 0 Å². The molecule has 3 rings (SSSR count). The number of hydrogen-bond donors (Lipinski definition) is 1. The maximum Gasteiger partial charge on any atom is 0.287 e. The molecule has 0 bridgehead atoms. The zero-order chi connectivity index (χ0) is 23.3. The van der Waals surface area contributed by atoms with Gasteiger partial charge in [0.2, 0.25) is 0 Å². The Balaban J connectivity index is 1.59. The second kappa shape index (κ2) is 10.1. The molecule has 1 N–H and O–H groups in total. The smallest absolute Gasteiger partial charge is 0.287 e. The van der Waals surface area contributed by atoms with Crippen molar-refractivity contribution in [2.45, 2.75) is 53.4 Å². The van der Waals surface area contributed by atoms with E-state index >= 15 is 0 Å². The Morgan fingerprint density at radius 2 is 1.81 bits per heavy atom. The van der Waals surface area contributed by atoms with Crippen LogP contribution in [0.1, 0.15) is 66.3 Å².